The molecule has 0 heterocycles. The van der Waals surface area contributed by atoms with Gasteiger partial charge in [0.05, 0.1) is 5.69 Å². The summed E-state index contributed by atoms with van der Waals surface area (Å²) in [6.45, 7) is 8.18. The summed E-state index contributed by atoms with van der Waals surface area (Å²) in [6, 6.07) is 8.22. The Balaban J connectivity index is 0.00000103. The number of hydrogen-bond acceptors (Lipinski definition) is 1. The molecule has 1 atom stereocenters. The zero-order valence-corrected chi connectivity index (χ0v) is 13.9. The molecular weight excluding hydrogens is 393 g/mol. The minimum atomic E-state index is 0. The van der Waals surface area contributed by atoms with Crippen LogP contribution in [0.3, 0.4) is 0 Å². The predicted octanol–water partition coefficient (Wildman–Crippen LogP) is 4.79. The first-order chi connectivity index (χ1) is 8.70. The Morgan fingerprint density at radius 2 is 1.89 bits per heavy atom. The Hall–Kier alpha value is 0.0795. The molecule has 1 aliphatic rings. The van der Waals surface area contributed by atoms with Crippen LogP contribution in [0, 0.1) is 52.8 Å². The second kappa shape index (κ2) is 9.90. The minimum absolute atomic E-state index is 0. The van der Waals surface area contributed by atoms with Crippen LogP contribution in [-0.2, 0) is 6.42 Å². The number of benzene rings is 1. The summed E-state index contributed by atoms with van der Waals surface area (Å²) in [4.78, 5) is 4.67. The topological polar surface area (TPSA) is 34.7 Å². The molecule has 2 rings (SSSR count). The molecular formula is C16H23N2Yb-. The molecule has 0 radical (unpaired) electrons. The van der Waals surface area contributed by atoms with E-state index in [4.69, 9.17) is 0 Å². The Bertz CT molecular complexity index is 438. The molecule has 112 valence electrons. The van der Waals surface area contributed by atoms with E-state index >= 15 is 0 Å². The fourth-order valence-corrected chi connectivity index (χ4v) is 2.10. The van der Waals surface area contributed by atoms with E-state index < -0.39 is 0 Å². The maximum atomic E-state index is 9.61. The SMILES string of the molecule is CC.CCc1ccccc1N=C1CC(=[N-])C(C)C1.[Yb]. The first-order valence-corrected chi connectivity index (χ1v) is 6.89. The number of aliphatic imine (C=N–C) groups is 1. The van der Waals surface area contributed by atoms with Gasteiger partial charge in [-0.3, -0.25) is 4.99 Å². The van der Waals surface area contributed by atoms with Crippen LogP contribution in [0.2, 0.25) is 0 Å². The second-order valence-electron chi connectivity index (χ2n) is 4.43. The van der Waals surface area contributed by atoms with E-state index in [1.807, 2.05) is 39.0 Å². The largest absolute Gasteiger partial charge is 0.811 e. The molecule has 0 bridgehead atoms. The van der Waals surface area contributed by atoms with Crippen molar-refractivity contribution in [1.29, 1.82) is 0 Å². The van der Waals surface area contributed by atoms with E-state index in [0.29, 0.717) is 12.1 Å². The van der Waals surface area contributed by atoms with Gasteiger partial charge in [0.15, 0.2) is 0 Å². The maximum absolute atomic E-state index is 9.61. The van der Waals surface area contributed by atoms with Gasteiger partial charge in [-0.05, 0) is 36.8 Å². The quantitative estimate of drug-likeness (QED) is 0.665. The number of para-hydroxylation sites is 1. The van der Waals surface area contributed by atoms with Crippen molar-refractivity contribution < 1.29 is 46.9 Å². The summed E-state index contributed by atoms with van der Waals surface area (Å²) in [5, 5.41) is 9.61. The van der Waals surface area contributed by atoms with Crippen molar-refractivity contribution in [2.45, 2.75) is 47.0 Å². The number of rotatable bonds is 2. The zero-order chi connectivity index (χ0) is 13.5. The summed E-state index contributed by atoms with van der Waals surface area (Å²) in [6.07, 6.45) is 2.54. The average Bonchev–Trinajstić information content (AvgIpc) is 2.71. The normalized spacial score (nSPS) is 19.7. The van der Waals surface area contributed by atoms with E-state index in [-0.39, 0.29) is 52.8 Å². The summed E-state index contributed by atoms with van der Waals surface area (Å²) >= 11 is 0. The van der Waals surface area contributed by atoms with Crippen molar-refractivity contribution in [3.8, 4) is 0 Å². The molecule has 1 aromatic carbocycles. The van der Waals surface area contributed by atoms with Crippen molar-refractivity contribution in [2.24, 2.45) is 10.9 Å². The molecule has 3 heteroatoms. The van der Waals surface area contributed by atoms with Crippen LogP contribution in [0.25, 0.3) is 5.41 Å². The minimum Gasteiger partial charge on any atom is -0.811 e. The maximum Gasteiger partial charge on any atom is 0.0660 e. The molecule has 1 unspecified atom stereocenters. The third kappa shape index (κ3) is 5.53. The predicted molar refractivity (Wildman–Crippen MR) is 81.0 cm³/mol. The Labute approximate surface area is 155 Å². The zero-order valence-electron chi connectivity index (χ0n) is 12.2. The van der Waals surface area contributed by atoms with Crippen molar-refractivity contribution in [3.05, 3.63) is 35.2 Å². The van der Waals surface area contributed by atoms with Gasteiger partial charge >= 0.3 is 0 Å². The van der Waals surface area contributed by atoms with Gasteiger partial charge in [0.25, 0.3) is 0 Å². The molecule has 0 N–H and O–H groups in total. The van der Waals surface area contributed by atoms with Gasteiger partial charge in [0, 0.05) is 52.6 Å². The molecule has 1 aliphatic carbocycles. The summed E-state index contributed by atoms with van der Waals surface area (Å²) in [5.74, 6) is 0.271. The molecule has 0 aliphatic heterocycles. The molecule has 2 nitrogen and oxygen atoms in total. The molecule has 1 aromatic rings. The number of nitrogens with zero attached hydrogens (tertiary/aromatic N) is 2. The van der Waals surface area contributed by atoms with Crippen LogP contribution in [0.4, 0.5) is 5.69 Å². The number of hydrogen-bond donors (Lipinski definition) is 0. The van der Waals surface area contributed by atoms with Gasteiger partial charge < -0.3 is 5.41 Å². The van der Waals surface area contributed by atoms with Crippen molar-refractivity contribution in [3.63, 3.8) is 0 Å². The standard InChI is InChI=1S/C14H17N2.C2H6.Yb/c1-3-11-6-4-5-7-14(11)16-12-8-10(2)13(15)9-12;1-2;/h4-7,10H,3,8-9H2,1-2H3;1-2H3;/q-1;;. The van der Waals surface area contributed by atoms with Crippen LogP contribution >= 0.6 is 0 Å². The van der Waals surface area contributed by atoms with Gasteiger partial charge in [-0.2, -0.15) is 5.71 Å². The number of aryl methyl sites for hydroxylation is 1. The van der Waals surface area contributed by atoms with Gasteiger partial charge in [-0.25, -0.2) is 0 Å². The smallest absolute Gasteiger partial charge is 0.0660 e. The van der Waals surface area contributed by atoms with E-state index in [9.17, 15) is 5.41 Å². The van der Waals surface area contributed by atoms with Gasteiger partial charge in [-0.1, -0.05) is 45.9 Å². The Morgan fingerprint density at radius 1 is 1.26 bits per heavy atom. The van der Waals surface area contributed by atoms with Crippen LogP contribution in [0.1, 0.15) is 46.1 Å². The van der Waals surface area contributed by atoms with Crippen LogP contribution < -0.4 is 0 Å². The van der Waals surface area contributed by atoms with Crippen molar-refractivity contribution >= 4 is 17.1 Å². The fourth-order valence-electron chi connectivity index (χ4n) is 2.10. The van der Waals surface area contributed by atoms with Gasteiger partial charge in [0.2, 0.25) is 0 Å². The molecule has 1 saturated carbocycles. The third-order valence-electron chi connectivity index (χ3n) is 3.15. The van der Waals surface area contributed by atoms with Crippen LogP contribution in [0.5, 0.6) is 0 Å². The van der Waals surface area contributed by atoms with E-state index in [2.05, 4.69) is 18.0 Å². The fraction of sp³-hybridized carbons (Fsp3) is 0.500. The summed E-state index contributed by atoms with van der Waals surface area (Å²) in [7, 11) is 0. The first-order valence-electron chi connectivity index (χ1n) is 6.89. The van der Waals surface area contributed by atoms with Crippen LogP contribution in [0.15, 0.2) is 29.3 Å². The molecule has 0 spiro atoms. The molecule has 1 fully saturated rings. The average molecular weight is 416 g/mol. The third-order valence-corrected chi connectivity index (χ3v) is 3.15. The van der Waals surface area contributed by atoms with E-state index in [1.165, 1.54) is 5.56 Å². The van der Waals surface area contributed by atoms with Crippen molar-refractivity contribution in [1.82, 2.24) is 0 Å². The van der Waals surface area contributed by atoms with Crippen LogP contribution in [-0.4, -0.2) is 11.4 Å². The first kappa shape index (κ1) is 19.1. The summed E-state index contributed by atoms with van der Waals surface area (Å²) in [5.41, 5.74) is 4.01. The molecule has 19 heavy (non-hydrogen) atoms. The monoisotopic (exact) mass is 417 g/mol. The van der Waals surface area contributed by atoms with Gasteiger partial charge in [0.1, 0.15) is 0 Å². The Morgan fingerprint density at radius 3 is 2.42 bits per heavy atom. The molecule has 0 aromatic heterocycles. The second-order valence-corrected chi connectivity index (χ2v) is 4.43. The van der Waals surface area contributed by atoms with Gasteiger partial charge in [-0.15, -0.1) is 0 Å². The summed E-state index contributed by atoms with van der Waals surface area (Å²) < 4.78 is 0. The molecule has 0 saturated heterocycles. The van der Waals surface area contributed by atoms with E-state index in [0.717, 1.165) is 24.2 Å². The molecule has 0 amide bonds. The van der Waals surface area contributed by atoms with E-state index in [1.54, 1.807) is 0 Å². The van der Waals surface area contributed by atoms with Crippen molar-refractivity contribution in [2.75, 3.05) is 0 Å². The Kier molecular flexibility index (Phi) is 9.94.